The van der Waals surface area contributed by atoms with Crippen LogP contribution in [0.2, 0.25) is 0 Å². The number of fused-ring (bicyclic) bond motifs is 1. The summed E-state index contributed by atoms with van der Waals surface area (Å²) in [4.78, 5) is 13.5. The average molecular weight is 254 g/mol. The number of rotatable bonds is 1. The number of Topliss-reactive ketones (excluding diaryl/α,β-unsaturated/α-hetero) is 1. The summed E-state index contributed by atoms with van der Waals surface area (Å²) in [5.74, 6) is 0.297. The van der Waals surface area contributed by atoms with Crippen molar-refractivity contribution >= 4 is 17.5 Å². The fraction of sp³-hybridized carbons (Fsp3) is 0.188. The Kier molecular flexibility index (Phi) is 2.96. The van der Waals surface area contributed by atoms with Gasteiger partial charge in [0.25, 0.3) is 0 Å². The molecule has 2 atom stereocenters. The van der Waals surface area contributed by atoms with Crippen molar-refractivity contribution in [2.24, 2.45) is 5.92 Å². The molecule has 0 fully saturated rings. The minimum absolute atomic E-state index is 0.0345. The largest absolute Gasteiger partial charge is 0.294 e. The van der Waals surface area contributed by atoms with Gasteiger partial charge >= 0.3 is 0 Å². The molecule has 1 aliphatic heterocycles. The van der Waals surface area contributed by atoms with E-state index in [1.807, 2.05) is 49.4 Å². The van der Waals surface area contributed by atoms with Gasteiger partial charge in [-0.05, 0) is 11.6 Å². The van der Waals surface area contributed by atoms with E-state index >= 15 is 0 Å². The number of hydrogen-bond donors (Lipinski definition) is 0. The van der Waals surface area contributed by atoms with Gasteiger partial charge in [-0.3, -0.25) is 4.79 Å². The highest BCUT2D eigenvalue weighted by atomic mass is 32.2. The van der Waals surface area contributed by atoms with E-state index in [0.29, 0.717) is 0 Å². The monoisotopic (exact) mass is 254 g/mol. The summed E-state index contributed by atoms with van der Waals surface area (Å²) in [6.45, 7) is 2.03. The molecule has 2 aromatic rings. The second-order valence-corrected chi connectivity index (χ2v) is 5.78. The van der Waals surface area contributed by atoms with E-state index in [2.05, 4.69) is 12.1 Å². The van der Waals surface area contributed by atoms with E-state index in [9.17, 15) is 4.79 Å². The molecule has 1 nitrogen and oxygen atoms in total. The molecule has 0 aliphatic carbocycles. The minimum atomic E-state index is 0.0345. The molecule has 1 heterocycles. The number of carbonyl (C=O) groups excluding carboxylic acids is 1. The molecule has 0 spiro atoms. The van der Waals surface area contributed by atoms with Crippen LogP contribution in [0, 0.1) is 5.92 Å². The molecule has 0 aromatic heterocycles. The molecule has 0 saturated heterocycles. The van der Waals surface area contributed by atoms with Gasteiger partial charge < -0.3 is 0 Å². The van der Waals surface area contributed by atoms with Crippen LogP contribution in [-0.2, 0) is 0 Å². The van der Waals surface area contributed by atoms with Gasteiger partial charge in [0.05, 0.1) is 0 Å². The lowest BCUT2D eigenvalue weighted by molar-refractivity contribution is 0.0921. The lowest BCUT2D eigenvalue weighted by Gasteiger charge is -2.29. The quantitative estimate of drug-likeness (QED) is 0.752. The molecule has 0 N–H and O–H groups in total. The van der Waals surface area contributed by atoms with Crippen LogP contribution < -0.4 is 0 Å². The zero-order valence-corrected chi connectivity index (χ0v) is 11.0. The van der Waals surface area contributed by atoms with Crippen LogP contribution in [0.1, 0.15) is 28.1 Å². The van der Waals surface area contributed by atoms with Crippen LogP contribution in [-0.4, -0.2) is 5.78 Å². The summed E-state index contributed by atoms with van der Waals surface area (Å²) in [7, 11) is 0. The fourth-order valence-corrected chi connectivity index (χ4v) is 3.74. The summed E-state index contributed by atoms with van der Waals surface area (Å²) in [5, 5.41) is 0.230. The summed E-state index contributed by atoms with van der Waals surface area (Å²) >= 11 is 1.80. The van der Waals surface area contributed by atoms with Crippen LogP contribution in [0.4, 0.5) is 0 Å². The minimum Gasteiger partial charge on any atom is -0.294 e. The maximum Gasteiger partial charge on any atom is 0.168 e. The van der Waals surface area contributed by atoms with E-state index < -0.39 is 0 Å². The van der Waals surface area contributed by atoms with E-state index in [4.69, 9.17) is 0 Å². The van der Waals surface area contributed by atoms with Gasteiger partial charge in [0.15, 0.2) is 5.78 Å². The maximum absolute atomic E-state index is 12.4. The SMILES string of the molecule is C[C@@H]1C(=O)c2ccccc2S[C@H]1c1ccccc1. The van der Waals surface area contributed by atoms with Crippen molar-refractivity contribution in [1.82, 2.24) is 0 Å². The number of carbonyl (C=O) groups is 1. The molecule has 0 unspecified atom stereocenters. The first-order chi connectivity index (χ1) is 8.77. The third kappa shape index (κ3) is 1.87. The van der Waals surface area contributed by atoms with E-state index in [0.717, 1.165) is 10.5 Å². The molecule has 2 heteroatoms. The normalized spacial score (nSPS) is 22.6. The Balaban J connectivity index is 2.04. The van der Waals surface area contributed by atoms with Crippen molar-refractivity contribution in [2.45, 2.75) is 17.1 Å². The molecule has 90 valence electrons. The molecule has 0 saturated carbocycles. The Hall–Kier alpha value is -1.54. The van der Waals surface area contributed by atoms with Gasteiger partial charge in [-0.1, -0.05) is 55.5 Å². The number of hydrogen-bond acceptors (Lipinski definition) is 2. The molecular formula is C16H14OS. The van der Waals surface area contributed by atoms with Gasteiger partial charge in [0, 0.05) is 21.6 Å². The number of benzene rings is 2. The molecule has 0 bridgehead atoms. The summed E-state index contributed by atoms with van der Waals surface area (Å²) in [5.41, 5.74) is 2.11. The Morgan fingerprint density at radius 3 is 2.39 bits per heavy atom. The molecule has 0 radical (unpaired) electrons. The van der Waals surface area contributed by atoms with Gasteiger partial charge in [-0.2, -0.15) is 0 Å². The van der Waals surface area contributed by atoms with Crippen molar-refractivity contribution < 1.29 is 4.79 Å². The molecular weight excluding hydrogens is 240 g/mol. The van der Waals surface area contributed by atoms with Gasteiger partial charge in [0.2, 0.25) is 0 Å². The van der Waals surface area contributed by atoms with Crippen molar-refractivity contribution in [2.75, 3.05) is 0 Å². The zero-order chi connectivity index (χ0) is 12.5. The second-order valence-electron chi connectivity index (χ2n) is 4.60. The summed E-state index contributed by atoms with van der Waals surface area (Å²) in [6, 6.07) is 18.2. The highest BCUT2D eigenvalue weighted by molar-refractivity contribution is 7.99. The molecule has 1 aliphatic rings. The first-order valence-electron chi connectivity index (χ1n) is 6.12. The first kappa shape index (κ1) is 11.5. The highest BCUT2D eigenvalue weighted by Crippen LogP contribution is 2.47. The lowest BCUT2D eigenvalue weighted by atomic mass is 9.91. The van der Waals surface area contributed by atoms with E-state index in [-0.39, 0.29) is 17.0 Å². The predicted octanol–water partition coefficient (Wildman–Crippen LogP) is 4.35. The van der Waals surface area contributed by atoms with Gasteiger partial charge in [0.1, 0.15) is 0 Å². The van der Waals surface area contributed by atoms with Crippen molar-refractivity contribution in [1.29, 1.82) is 0 Å². The van der Waals surface area contributed by atoms with Crippen LogP contribution in [0.15, 0.2) is 59.5 Å². The van der Waals surface area contributed by atoms with Crippen molar-refractivity contribution in [3.63, 3.8) is 0 Å². The Morgan fingerprint density at radius 2 is 1.61 bits per heavy atom. The predicted molar refractivity (Wildman–Crippen MR) is 75.0 cm³/mol. The zero-order valence-electron chi connectivity index (χ0n) is 10.2. The highest BCUT2D eigenvalue weighted by Gasteiger charge is 2.33. The Morgan fingerprint density at radius 1 is 0.944 bits per heavy atom. The number of ketones is 1. The van der Waals surface area contributed by atoms with E-state index in [1.54, 1.807) is 11.8 Å². The summed E-state index contributed by atoms with van der Waals surface area (Å²) in [6.07, 6.45) is 0. The molecule has 3 rings (SSSR count). The fourth-order valence-electron chi connectivity index (χ4n) is 2.39. The Bertz CT molecular complexity index is 577. The third-order valence-corrected chi connectivity index (χ3v) is 4.95. The lowest BCUT2D eigenvalue weighted by Crippen LogP contribution is -2.22. The van der Waals surface area contributed by atoms with Crippen molar-refractivity contribution in [3.8, 4) is 0 Å². The smallest absolute Gasteiger partial charge is 0.168 e. The van der Waals surface area contributed by atoms with Gasteiger partial charge in [-0.15, -0.1) is 11.8 Å². The molecule has 18 heavy (non-hydrogen) atoms. The van der Waals surface area contributed by atoms with E-state index in [1.165, 1.54) is 5.56 Å². The average Bonchev–Trinajstić information content (AvgIpc) is 2.44. The van der Waals surface area contributed by atoms with Crippen LogP contribution in [0.5, 0.6) is 0 Å². The molecule has 0 amide bonds. The standard InChI is InChI=1S/C16H14OS/c1-11-15(17)13-9-5-6-10-14(13)18-16(11)12-7-3-2-4-8-12/h2-11,16H,1H3/t11-,16-/m1/s1. The third-order valence-electron chi connectivity index (χ3n) is 3.40. The Labute approximate surface area is 111 Å². The topological polar surface area (TPSA) is 17.1 Å². The van der Waals surface area contributed by atoms with Crippen LogP contribution in [0.3, 0.4) is 0 Å². The molecule has 2 aromatic carbocycles. The first-order valence-corrected chi connectivity index (χ1v) is 7.00. The van der Waals surface area contributed by atoms with Crippen LogP contribution in [0.25, 0.3) is 0 Å². The second kappa shape index (κ2) is 4.62. The maximum atomic E-state index is 12.4. The van der Waals surface area contributed by atoms with Crippen molar-refractivity contribution in [3.05, 3.63) is 65.7 Å². The van der Waals surface area contributed by atoms with Gasteiger partial charge in [-0.25, -0.2) is 0 Å². The van der Waals surface area contributed by atoms with Crippen LogP contribution >= 0.6 is 11.8 Å². The number of thioether (sulfide) groups is 1. The summed E-state index contributed by atoms with van der Waals surface area (Å²) < 4.78 is 0.